The van der Waals surface area contributed by atoms with Crippen molar-refractivity contribution in [2.75, 3.05) is 44.8 Å². The largest absolute Gasteiger partial charge is 0.497 e. The SMILES string of the molecule is CCOC(=O)c1cccc(N2CCN(S(=O)(=O)c3ccc(OC)cc3)CC2)n1. The van der Waals surface area contributed by atoms with Crippen LogP contribution in [0.2, 0.25) is 0 Å². The summed E-state index contributed by atoms with van der Waals surface area (Å²) in [6, 6.07) is 11.5. The third-order valence-corrected chi connectivity index (χ3v) is 6.39. The van der Waals surface area contributed by atoms with Crippen LogP contribution in [0, 0.1) is 0 Å². The van der Waals surface area contributed by atoms with Crippen molar-refractivity contribution >= 4 is 21.8 Å². The Balaban J connectivity index is 1.68. The van der Waals surface area contributed by atoms with Crippen LogP contribution in [0.5, 0.6) is 5.75 Å². The number of hydrogen-bond donors (Lipinski definition) is 0. The summed E-state index contributed by atoms with van der Waals surface area (Å²) in [4.78, 5) is 18.4. The van der Waals surface area contributed by atoms with Crippen LogP contribution < -0.4 is 9.64 Å². The summed E-state index contributed by atoms with van der Waals surface area (Å²) in [6.45, 7) is 3.65. The molecule has 0 bridgehead atoms. The number of rotatable bonds is 6. The first-order valence-corrected chi connectivity index (χ1v) is 10.4. The van der Waals surface area contributed by atoms with Gasteiger partial charge in [0.25, 0.3) is 0 Å². The van der Waals surface area contributed by atoms with E-state index in [0.717, 1.165) is 0 Å². The Morgan fingerprint density at radius 2 is 1.75 bits per heavy atom. The van der Waals surface area contributed by atoms with E-state index >= 15 is 0 Å². The smallest absolute Gasteiger partial charge is 0.356 e. The summed E-state index contributed by atoms with van der Waals surface area (Å²) >= 11 is 0. The van der Waals surface area contributed by atoms with Gasteiger partial charge in [0.15, 0.2) is 5.69 Å². The van der Waals surface area contributed by atoms with Crippen LogP contribution in [0.15, 0.2) is 47.4 Å². The zero-order chi connectivity index (χ0) is 20.1. The summed E-state index contributed by atoms with van der Waals surface area (Å²) in [5.74, 6) is 0.772. The second-order valence-corrected chi connectivity index (χ2v) is 8.11. The van der Waals surface area contributed by atoms with Gasteiger partial charge in [-0.3, -0.25) is 0 Å². The zero-order valence-electron chi connectivity index (χ0n) is 15.9. The highest BCUT2D eigenvalue weighted by atomic mass is 32.2. The van der Waals surface area contributed by atoms with Crippen LogP contribution >= 0.6 is 0 Å². The van der Waals surface area contributed by atoms with Crippen molar-refractivity contribution in [1.29, 1.82) is 0 Å². The summed E-state index contributed by atoms with van der Waals surface area (Å²) < 4.78 is 37.2. The fourth-order valence-electron chi connectivity index (χ4n) is 2.97. The summed E-state index contributed by atoms with van der Waals surface area (Å²) in [7, 11) is -2.03. The molecule has 1 aromatic carbocycles. The molecule has 0 N–H and O–H groups in total. The number of piperazine rings is 1. The molecule has 1 aliphatic heterocycles. The predicted octanol–water partition coefficient (Wildman–Crippen LogP) is 1.78. The van der Waals surface area contributed by atoms with Crippen molar-refractivity contribution in [2.45, 2.75) is 11.8 Å². The number of carbonyl (C=O) groups is 1. The number of benzene rings is 1. The van der Waals surface area contributed by atoms with Gasteiger partial charge >= 0.3 is 5.97 Å². The van der Waals surface area contributed by atoms with Crippen molar-refractivity contribution in [1.82, 2.24) is 9.29 Å². The number of nitrogens with zero attached hydrogens (tertiary/aromatic N) is 3. The fourth-order valence-corrected chi connectivity index (χ4v) is 4.39. The maximum Gasteiger partial charge on any atom is 0.356 e. The number of esters is 1. The molecule has 0 atom stereocenters. The number of pyridine rings is 1. The maximum atomic E-state index is 12.8. The molecule has 0 unspecified atom stereocenters. The van der Waals surface area contributed by atoms with Gasteiger partial charge in [0, 0.05) is 26.2 Å². The van der Waals surface area contributed by atoms with E-state index in [0.29, 0.717) is 37.7 Å². The highest BCUT2D eigenvalue weighted by molar-refractivity contribution is 7.89. The molecule has 1 fully saturated rings. The molecule has 2 aromatic rings. The lowest BCUT2D eigenvalue weighted by molar-refractivity contribution is 0.0519. The Bertz CT molecular complexity index is 923. The molecule has 1 aromatic heterocycles. The molecule has 0 radical (unpaired) electrons. The van der Waals surface area contributed by atoms with Crippen molar-refractivity contribution in [2.24, 2.45) is 0 Å². The number of ether oxygens (including phenoxy) is 2. The first-order chi connectivity index (χ1) is 13.5. The quantitative estimate of drug-likeness (QED) is 0.677. The van der Waals surface area contributed by atoms with Gasteiger partial charge in [0.2, 0.25) is 10.0 Å². The van der Waals surface area contributed by atoms with Crippen LogP contribution in [-0.2, 0) is 14.8 Å². The van der Waals surface area contributed by atoms with Crippen molar-refractivity contribution in [3.63, 3.8) is 0 Å². The third kappa shape index (κ3) is 4.26. The monoisotopic (exact) mass is 405 g/mol. The molecule has 1 saturated heterocycles. The van der Waals surface area contributed by atoms with Crippen LogP contribution in [0.3, 0.4) is 0 Å². The Morgan fingerprint density at radius 1 is 1.07 bits per heavy atom. The highest BCUT2D eigenvalue weighted by Gasteiger charge is 2.29. The van der Waals surface area contributed by atoms with Gasteiger partial charge in [0.1, 0.15) is 11.6 Å². The molecule has 9 heteroatoms. The van der Waals surface area contributed by atoms with Gasteiger partial charge in [-0.25, -0.2) is 18.2 Å². The molecule has 0 saturated carbocycles. The number of hydrogen-bond acceptors (Lipinski definition) is 7. The van der Waals surface area contributed by atoms with E-state index in [1.807, 2.05) is 4.90 Å². The average molecular weight is 405 g/mol. The molecule has 150 valence electrons. The first kappa shape index (κ1) is 20.1. The van der Waals surface area contributed by atoms with E-state index in [4.69, 9.17) is 9.47 Å². The van der Waals surface area contributed by atoms with E-state index in [-0.39, 0.29) is 17.2 Å². The Kier molecular flexibility index (Phi) is 6.15. The average Bonchev–Trinajstić information content (AvgIpc) is 2.74. The standard InChI is InChI=1S/C19H23N3O5S/c1-3-27-19(23)17-5-4-6-18(20-17)21-11-13-22(14-12-21)28(24,25)16-9-7-15(26-2)8-10-16/h4-10H,3,11-14H2,1-2H3. The van der Waals surface area contributed by atoms with Gasteiger partial charge in [-0.05, 0) is 43.3 Å². The lowest BCUT2D eigenvalue weighted by Gasteiger charge is -2.34. The van der Waals surface area contributed by atoms with Gasteiger partial charge in [-0.15, -0.1) is 0 Å². The summed E-state index contributed by atoms with van der Waals surface area (Å²) in [5.41, 5.74) is 0.243. The second-order valence-electron chi connectivity index (χ2n) is 6.17. The van der Waals surface area contributed by atoms with E-state index in [1.54, 1.807) is 49.4 Å². The zero-order valence-corrected chi connectivity index (χ0v) is 16.7. The van der Waals surface area contributed by atoms with E-state index < -0.39 is 16.0 Å². The van der Waals surface area contributed by atoms with Gasteiger partial charge < -0.3 is 14.4 Å². The van der Waals surface area contributed by atoms with Crippen LogP contribution in [-0.4, -0.2) is 63.6 Å². The maximum absolute atomic E-state index is 12.8. The molecule has 8 nitrogen and oxygen atoms in total. The van der Waals surface area contributed by atoms with Crippen LogP contribution in [0.4, 0.5) is 5.82 Å². The molecule has 0 aliphatic carbocycles. The number of carbonyl (C=O) groups excluding carboxylic acids is 1. The second kappa shape index (κ2) is 8.57. The Hall–Kier alpha value is -2.65. The van der Waals surface area contributed by atoms with Gasteiger partial charge in [-0.1, -0.05) is 6.07 Å². The third-order valence-electron chi connectivity index (χ3n) is 4.48. The van der Waals surface area contributed by atoms with Crippen LogP contribution in [0.1, 0.15) is 17.4 Å². The van der Waals surface area contributed by atoms with Gasteiger partial charge in [0.05, 0.1) is 18.6 Å². The van der Waals surface area contributed by atoms with Gasteiger partial charge in [-0.2, -0.15) is 4.31 Å². The summed E-state index contributed by atoms with van der Waals surface area (Å²) in [5, 5.41) is 0. The number of aromatic nitrogens is 1. The normalized spacial score (nSPS) is 15.3. The molecular formula is C19H23N3O5S. The number of sulfonamides is 1. The summed E-state index contributed by atoms with van der Waals surface area (Å²) in [6.07, 6.45) is 0. The molecule has 0 amide bonds. The highest BCUT2D eigenvalue weighted by Crippen LogP contribution is 2.22. The fraction of sp³-hybridized carbons (Fsp3) is 0.368. The Morgan fingerprint density at radius 3 is 2.36 bits per heavy atom. The minimum atomic E-state index is -3.56. The first-order valence-electron chi connectivity index (χ1n) is 8.99. The topological polar surface area (TPSA) is 89.0 Å². The van der Waals surface area contributed by atoms with Crippen LogP contribution in [0.25, 0.3) is 0 Å². The minimum absolute atomic E-state index is 0.240. The van der Waals surface area contributed by atoms with Crippen molar-refractivity contribution in [3.05, 3.63) is 48.2 Å². The van der Waals surface area contributed by atoms with Crippen molar-refractivity contribution in [3.8, 4) is 5.75 Å². The van der Waals surface area contributed by atoms with E-state index in [2.05, 4.69) is 4.98 Å². The lowest BCUT2D eigenvalue weighted by Crippen LogP contribution is -2.49. The molecular weight excluding hydrogens is 382 g/mol. The Labute approximate surface area is 164 Å². The lowest BCUT2D eigenvalue weighted by atomic mass is 10.3. The number of methoxy groups -OCH3 is 1. The molecule has 3 rings (SSSR count). The molecule has 28 heavy (non-hydrogen) atoms. The van der Waals surface area contributed by atoms with E-state index in [1.165, 1.54) is 11.4 Å². The molecule has 2 heterocycles. The number of anilines is 1. The van der Waals surface area contributed by atoms with Crippen molar-refractivity contribution < 1.29 is 22.7 Å². The molecule has 0 spiro atoms. The minimum Gasteiger partial charge on any atom is -0.497 e. The molecule has 1 aliphatic rings. The predicted molar refractivity (Wildman–Crippen MR) is 104 cm³/mol. The van der Waals surface area contributed by atoms with E-state index in [9.17, 15) is 13.2 Å².